The smallest absolute Gasteiger partial charge is 0.256 e. The van der Waals surface area contributed by atoms with Gasteiger partial charge in [0.2, 0.25) is 0 Å². The first-order valence-electron chi connectivity index (χ1n) is 9.14. The predicted molar refractivity (Wildman–Crippen MR) is 101 cm³/mol. The van der Waals surface area contributed by atoms with Crippen LogP contribution in [-0.2, 0) is 14.6 Å². The molecule has 1 aliphatic rings. The molecule has 6 heteroatoms. The molecule has 1 fully saturated rings. The maximum absolute atomic E-state index is 11.4. The van der Waals surface area contributed by atoms with Crippen LogP contribution in [0.3, 0.4) is 0 Å². The molecule has 23 heavy (non-hydrogen) atoms. The number of ether oxygens (including phenoxy) is 1. The molecule has 0 amide bonds. The molecule has 1 N–H and O–H groups in total. The van der Waals surface area contributed by atoms with Crippen LogP contribution in [-0.4, -0.2) is 38.2 Å². The molecule has 0 aromatic heterocycles. The van der Waals surface area contributed by atoms with Crippen LogP contribution < -0.4 is 5.32 Å². The molecule has 1 aliphatic heterocycles. The van der Waals surface area contributed by atoms with Gasteiger partial charge < -0.3 is 10.1 Å². The number of hydrogen-bond donors (Lipinski definition) is 1. The van der Waals surface area contributed by atoms with Crippen molar-refractivity contribution in [3.05, 3.63) is 0 Å². The van der Waals surface area contributed by atoms with Crippen molar-refractivity contribution in [3.63, 3.8) is 0 Å². The van der Waals surface area contributed by atoms with Crippen LogP contribution in [0.25, 0.3) is 0 Å². The summed E-state index contributed by atoms with van der Waals surface area (Å²) in [5, 5.41) is 3.45. The largest absolute Gasteiger partial charge is 0.471 e. The van der Waals surface area contributed by atoms with E-state index in [2.05, 4.69) is 12.2 Å². The van der Waals surface area contributed by atoms with E-state index in [1.165, 1.54) is 51.4 Å². The van der Waals surface area contributed by atoms with Crippen molar-refractivity contribution < 1.29 is 13.2 Å². The lowest BCUT2D eigenvalue weighted by molar-refractivity contribution is 0.284. The highest BCUT2D eigenvalue weighted by molar-refractivity contribution is 7.91. The molecule has 0 spiro atoms. The van der Waals surface area contributed by atoms with Crippen molar-refractivity contribution in [2.75, 3.05) is 24.7 Å². The van der Waals surface area contributed by atoms with Crippen LogP contribution in [0.5, 0.6) is 0 Å². The normalized spacial score (nSPS) is 19.6. The SMILES string of the molecule is CCCCCCCCCCCOC(=S)NCC1CCS(=O)(=O)C1. The summed E-state index contributed by atoms with van der Waals surface area (Å²) in [5.41, 5.74) is 0. The molecular formula is C17H33NO3S2. The Balaban J connectivity index is 1.87. The van der Waals surface area contributed by atoms with Crippen LogP contribution in [0.1, 0.15) is 71.1 Å². The van der Waals surface area contributed by atoms with Gasteiger partial charge in [0.15, 0.2) is 9.84 Å². The minimum absolute atomic E-state index is 0.175. The molecule has 0 saturated carbocycles. The zero-order valence-corrected chi connectivity index (χ0v) is 16.2. The molecule has 1 saturated heterocycles. The number of rotatable bonds is 12. The lowest BCUT2D eigenvalue weighted by atomic mass is 10.1. The van der Waals surface area contributed by atoms with Gasteiger partial charge in [-0.3, -0.25) is 0 Å². The Labute approximate surface area is 147 Å². The lowest BCUT2D eigenvalue weighted by Gasteiger charge is -2.12. The van der Waals surface area contributed by atoms with Gasteiger partial charge in [-0.15, -0.1) is 0 Å². The number of sulfone groups is 1. The summed E-state index contributed by atoms with van der Waals surface area (Å²) in [7, 11) is -2.80. The molecule has 1 rings (SSSR count). The quantitative estimate of drug-likeness (QED) is 0.422. The Bertz CT molecular complexity index is 424. The van der Waals surface area contributed by atoms with Gasteiger partial charge in [-0.05, 0) is 31.0 Å². The molecule has 0 aliphatic carbocycles. The molecule has 1 atom stereocenters. The fourth-order valence-electron chi connectivity index (χ4n) is 2.89. The van der Waals surface area contributed by atoms with Crippen molar-refractivity contribution in [2.45, 2.75) is 71.1 Å². The van der Waals surface area contributed by atoms with Crippen LogP contribution in [0.4, 0.5) is 0 Å². The molecule has 136 valence electrons. The first kappa shape index (κ1) is 20.7. The van der Waals surface area contributed by atoms with Crippen LogP contribution >= 0.6 is 12.2 Å². The molecule has 1 unspecified atom stereocenters. The number of thiocarbonyl (C=S) groups is 1. The average molecular weight is 364 g/mol. The zero-order valence-electron chi connectivity index (χ0n) is 14.5. The first-order valence-corrected chi connectivity index (χ1v) is 11.4. The highest BCUT2D eigenvalue weighted by Gasteiger charge is 2.27. The van der Waals surface area contributed by atoms with E-state index in [0.29, 0.717) is 24.1 Å². The van der Waals surface area contributed by atoms with E-state index in [0.717, 1.165) is 12.8 Å². The minimum atomic E-state index is -2.80. The summed E-state index contributed by atoms with van der Waals surface area (Å²) in [4.78, 5) is 0. The molecule has 1 heterocycles. The van der Waals surface area contributed by atoms with Gasteiger partial charge in [-0.1, -0.05) is 58.3 Å². The molecule has 0 aromatic carbocycles. The standard InChI is InChI=1S/C17H33NO3S2/c1-2-3-4-5-6-7-8-9-10-12-21-17(22)18-14-16-11-13-23(19,20)15-16/h16H,2-15H2,1H3,(H,18,22). The Kier molecular flexibility index (Phi) is 10.9. The third-order valence-electron chi connectivity index (χ3n) is 4.34. The molecule has 0 bridgehead atoms. The summed E-state index contributed by atoms with van der Waals surface area (Å²) >= 11 is 5.12. The maximum atomic E-state index is 11.4. The van der Waals surface area contributed by atoms with Gasteiger partial charge in [0.25, 0.3) is 5.17 Å². The van der Waals surface area contributed by atoms with E-state index in [1.54, 1.807) is 0 Å². The summed E-state index contributed by atoms with van der Waals surface area (Å²) in [6.45, 7) is 3.51. The van der Waals surface area contributed by atoms with Crippen LogP contribution in [0.2, 0.25) is 0 Å². The second-order valence-electron chi connectivity index (χ2n) is 6.61. The van der Waals surface area contributed by atoms with E-state index >= 15 is 0 Å². The summed E-state index contributed by atoms with van der Waals surface area (Å²) in [6, 6.07) is 0. The highest BCUT2D eigenvalue weighted by Crippen LogP contribution is 2.17. The third-order valence-corrected chi connectivity index (χ3v) is 6.44. The predicted octanol–water partition coefficient (Wildman–Crippen LogP) is 3.84. The maximum Gasteiger partial charge on any atom is 0.256 e. The van der Waals surface area contributed by atoms with Crippen LogP contribution in [0.15, 0.2) is 0 Å². The van der Waals surface area contributed by atoms with E-state index in [4.69, 9.17) is 17.0 Å². The van der Waals surface area contributed by atoms with E-state index in [9.17, 15) is 8.42 Å². The zero-order chi connectivity index (χ0) is 17.0. The second-order valence-corrected chi connectivity index (χ2v) is 9.21. The number of nitrogens with one attached hydrogen (secondary N) is 1. The van der Waals surface area contributed by atoms with Gasteiger partial charge in [0, 0.05) is 6.54 Å². The Hall–Kier alpha value is -0.360. The first-order chi connectivity index (χ1) is 11.0. The van der Waals surface area contributed by atoms with Crippen molar-refractivity contribution in [1.82, 2.24) is 5.32 Å². The topological polar surface area (TPSA) is 55.4 Å². The van der Waals surface area contributed by atoms with Crippen LogP contribution in [0, 0.1) is 5.92 Å². The van der Waals surface area contributed by atoms with Crippen molar-refractivity contribution in [1.29, 1.82) is 0 Å². The molecular weight excluding hydrogens is 330 g/mol. The van der Waals surface area contributed by atoms with E-state index < -0.39 is 9.84 Å². The average Bonchev–Trinajstić information content (AvgIpc) is 2.86. The Morgan fingerprint density at radius 1 is 1.09 bits per heavy atom. The number of hydrogen-bond acceptors (Lipinski definition) is 4. The molecule has 4 nitrogen and oxygen atoms in total. The van der Waals surface area contributed by atoms with Crippen molar-refractivity contribution >= 4 is 27.2 Å². The van der Waals surface area contributed by atoms with Gasteiger partial charge in [-0.25, -0.2) is 8.42 Å². The fourth-order valence-corrected chi connectivity index (χ4v) is 4.92. The summed E-state index contributed by atoms with van der Waals surface area (Å²) in [5.74, 6) is 0.765. The summed E-state index contributed by atoms with van der Waals surface area (Å²) in [6.07, 6.45) is 12.3. The van der Waals surface area contributed by atoms with E-state index in [1.807, 2.05) is 0 Å². The van der Waals surface area contributed by atoms with Crippen molar-refractivity contribution in [2.24, 2.45) is 5.92 Å². The Morgan fingerprint density at radius 3 is 2.26 bits per heavy atom. The van der Waals surface area contributed by atoms with E-state index in [-0.39, 0.29) is 11.7 Å². The number of unbranched alkanes of at least 4 members (excludes halogenated alkanes) is 8. The molecule has 0 aromatic rings. The fraction of sp³-hybridized carbons (Fsp3) is 0.941. The Morgan fingerprint density at radius 2 is 1.70 bits per heavy atom. The highest BCUT2D eigenvalue weighted by atomic mass is 32.2. The minimum Gasteiger partial charge on any atom is -0.471 e. The monoisotopic (exact) mass is 363 g/mol. The van der Waals surface area contributed by atoms with Gasteiger partial charge in [-0.2, -0.15) is 0 Å². The van der Waals surface area contributed by atoms with Gasteiger partial charge >= 0.3 is 0 Å². The third kappa shape index (κ3) is 10.9. The summed E-state index contributed by atoms with van der Waals surface area (Å²) < 4.78 is 28.2. The lowest BCUT2D eigenvalue weighted by Crippen LogP contribution is -2.30. The van der Waals surface area contributed by atoms with Gasteiger partial charge in [0.1, 0.15) is 0 Å². The van der Waals surface area contributed by atoms with Crippen molar-refractivity contribution in [3.8, 4) is 0 Å². The second kappa shape index (κ2) is 12.1. The van der Waals surface area contributed by atoms with Gasteiger partial charge in [0.05, 0.1) is 18.1 Å². The molecule has 0 radical (unpaired) electrons.